The summed E-state index contributed by atoms with van der Waals surface area (Å²) in [4.78, 5) is 0. The van der Waals surface area contributed by atoms with Crippen LogP contribution in [0, 0.1) is 0 Å². The van der Waals surface area contributed by atoms with Crippen LogP contribution in [0.4, 0.5) is 0 Å². The van der Waals surface area contributed by atoms with Gasteiger partial charge in [-0.05, 0) is 40.7 Å². The molecule has 0 radical (unpaired) electrons. The smallest absolute Gasteiger partial charge is 0.358 e. The predicted molar refractivity (Wildman–Crippen MR) is 122 cm³/mol. The van der Waals surface area contributed by atoms with Crippen LogP contribution in [0.1, 0.15) is 43.4 Å². The molecule has 0 spiro atoms. The maximum atomic E-state index is 6.77. The van der Waals surface area contributed by atoms with Crippen LogP contribution in [0.15, 0.2) is 90.4 Å². The zero-order valence-corrected chi connectivity index (χ0v) is 17.2. The summed E-state index contributed by atoms with van der Waals surface area (Å²) >= 11 is 0. The first kappa shape index (κ1) is 19.5. The van der Waals surface area contributed by atoms with Gasteiger partial charge in [0.15, 0.2) is 0 Å². The molecule has 1 aliphatic heterocycles. The molecule has 0 amide bonds. The SMILES string of the molecule is CCCCC1=C(c2ccccc2)C(c2ccc(OC)cc2)OB1c1ccccc1. The summed E-state index contributed by atoms with van der Waals surface area (Å²) in [6, 6.07) is 29.6. The number of benzene rings is 3. The number of unbranched alkanes of at least 4 members (excludes halogenated alkanes) is 1. The summed E-state index contributed by atoms with van der Waals surface area (Å²) in [7, 11) is 1.70. The molecule has 1 unspecified atom stereocenters. The molecule has 146 valence electrons. The summed E-state index contributed by atoms with van der Waals surface area (Å²) in [5.74, 6) is 0.864. The zero-order chi connectivity index (χ0) is 20.1. The Bertz CT molecular complexity index is 949. The Morgan fingerprint density at radius 2 is 1.52 bits per heavy atom. The van der Waals surface area contributed by atoms with Gasteiger partial charge in [-0.25, -0.2) is 0 Å². The molecular weight excluding hydrogens is 355 g/mol. The first-order chi connectivity index (χ1) is 14.3. The Hall–Kier alpha value is -2.78. The fraction of sp³-hybridized carbons (Fsp3) is 0.231. The van der Waals surface area contributed by atoms with Gasteiger partial charge in [-0.3, -0.25) is 0 Å². The molecule has 0 saturated heterocycles. The van der Waals surface area contributed by atoms with Crippen LogP contribution in [0.25, 0.3) is 5.57 Å². The third kappa shape index (κ3) is 4.15. The van der Waals surface area contributed by atoms with E-state index in [9.17, 15) is 0 Å². The van der Waals surface area contributed by atoms with E-state index in [0.29, 0.717) is 0 Å². The maximum Gasteiger partial charge on any atom is 0.358 e. The molecule has 2 nitrogen and oxygen atoms in total. The Kier molecular flexibility index (Phi) is 6.16. The number of hydrogen-bond acceptors (Lipinski definition) is 2. The van der Waals surface area contributed by atoms with Gasteiger partial charge in [-0.2, -0.15) is 0 Å². The average Bonchev–Trinajstić information content (AvgIpc) is 3.18. The lowest BCUT2D eigenvalue weighted by molar-refractivity contribution is 0.286. The molecule has 0 aromatic heterocycles. The molecule has 1 atom stereocenters. The van der Waals surface area contributed by atoms with Crippen LogP contribution in [0.3, 0.4) is 0 Å². The summed E-state index contributed by atoms with van der Waals surface area (Å²) in [5.41, 5.74) is 6.36. The standard InChI is InChI=1S/C26H27BO2/c1-3-4-15-24-25(20-11-7-5-8-12-20)26(21-16-18-23(28-2)19-17-21)29-27(24)22-13-9-6-10-14-22/h5-14,16-19,26H,3-4,15H2,1-2H3. The lowest BCUT2D eigenvalue weighted by Gasteiger charge is -2.18. The van der Waals surface area contributed by atoms with Crippen LogP contribution >= 0.6 is 0 Å². The van der Waals surface area contributed by atoms with Gasteiger partial charge in [0.05, 0.1) is 13.2 Å². The van der Waals surface area contributed by atoms with Gasteiger partial charge < -0.3 is 9.39 Å². The van der Waals surface area contributed by atoms with E-state index in [-0.39, 0.29) is 13.0 Å². The summed E-state index contributed by atoms with van der Waals surface area (Å²) in [6.07, 6.45) is 3.29. The van der Waals surface area contributed by atoms with Crippen molar-refractivity contribution in [3.63, 3.8) is 0 Å². The largest absolute Gasteiger partial charge is 0.497 e. The molecule has 4 rings (SSSR count). The fourth-order valence-electron chi connectivity index (χ4n) is 4.11. The molecule has 3 heteroatoms. The molecule has 0 bridgehead atoms. The molecule has 0 fully saturated rings. The highest BCUT2D eigenvalue weighted by Gasteiger charge is 2.39. The van der Waals surface area contributed by atoms with Gasteiger partial charge >= 0.3 is 6.92 Å². The maximum absolute atomic E-state index is 6.77. The average molecular weight is 382 g/mol. The van der Waals surface area contributed by atoms with Crippen molar-refractivity contribution in [2.75, 3.05) is 7.11 Å². The Morgan fingerprint density at radius 3 is 2.14 bits per heavy atom. The minimum atomic E-state index is -0.0830. The van der Waals surface area contributed by atoms with Crippen molar-refractivity contribution in [1.82, 2.24) is 0 Å². The quantitative estimate of drug-likeness (QED) is 0.478. The fourth-order valence-corrected chi connectivity index (χ4v) is 4.11. The van der Waals surface area contributed by atoms with Gasteiger partial charge in [-0.15, -0.1) is 0 Å². The van der Waals surface area contributed by atoms with Crippen molar-refractivity contribution in [3.05, 3.63) is 102 Å². The van der Waals surface area contributed by atoms with Crippen LogP contribution in [-0.4, -0.2) is 14.0 Å². The molecule has 1 aliphatic rings. The molecular formula is C26H27BO2. The van der Waals surface area contributed by atoms with E-state index in [2.05, 4.69) is 79.7 Å². The number of allylic oxidation sites excluding steroid dienone is 1. The third-order valence-corrected chi connectivity index (χ3v) is 5.60. The van der Waals surface area contributed by atoms with E-state index in [1.807, 2.05) is 12.1 Å². The summed E-state index contributed by atoms with van der Waals surface area (Å²) < 4.78 is 12.1. The monoisotopic (exact) mass is 382 g/mol. The topological polar surface area (TPSA) is 18.5 Å². The lowest BCUT2D eigenvalue weighted by Crippen LogP contribution is -2.33. The molecule has 0 N–H and O–H groups in total. The normalized spacial score (nSPS) is 16.3. The van der Waals surface area contributed by atoms with E-state index >= 15 is 0 Å². The second-order valence-electron chi connectivity index (χ2n) is 7.49. The minimum Gasteiger partial charge on any atom is -0.497 e. The third-order valence-electron chi connectivity index (χ3n) is 5.60. The Labute approximate surface area is 174 Å². The van der Waals surface area contributed by atoms with Crippen molar-refractivity contribution in [2.45, 2.75) is 32.3 Å². The highest BCUT2D eigenvalue weighted by Crippen LogP contribution is 2.44. The number of rotatable bonds is 7. The van der Waals surface area contributed by atoms with Crippen LogP contribution in [0.5, 0.6) is 5.75 Å². The Morgan fingerprint density at radius 1 is 0.862 bits per heavy atom. The molecule has 3 aromatic rings. The predicted octanol–water partition coefficient (Wildman–Crippen LogP) is 5.85. The van der Waals surface area contributed by atoms with Crippen LogP contribution in [0.2, 0.25) is 0 Å². The highest BCUT2D eigenvalue weighted by atomic mass is 16.5. The summed E-state index contributed by atoms with van der Waals surface area (Å²) in [5, 5.41) is 0. The van der Waals surface area contributed by atoms with Gasteiger partial charge in [0.1, 0.15) is 5.75 Å². The minimum absolute atomic E-state index is 0.00921. The first-order valence-corrected chi connectivity index (χ1v) is 10.4. The molecule has 29 heavy (non-hydrogen) atoms. The van der Waals surface area contributed by atoms with Crippen molar-refractivity contribution in [1.29, 1.82) is 0 Å². The van der Waals surface area contributed by atoms with Gasteiger partial charge in [0.25, 0.3) is 0 Å². The van der Waals surface area contributed by atoms with Gasteiger partial charge in [-0.1, -0.05) is 98.0 Å². The van der Waals surface area contributed by atoms with Crippen molar-refractivity contribution in [2.24, 2.45) is 0 Å². The van der Waals surface area contributed by atoms with Crippen LogP contribution < -0.4 is 10.2 Å². The highest BCUT2D eigenvalue weighted by molar-refractivity contribution is 6.76. The number of methoxy groups -OCH3 is 1. The lowest BCUT2D eigenvalue weighted by atomic mass is 9.53. The van der Waals surface area contributed by atoms with E-state index in [0.717, 1.165) is 24.2 Å². The van der Waals surface area contributed by atoms with Crippen molar-refractivity contribution in [3.8, 4) is 5.75 Å². The Balaban J connectivity index is 1.84. The zero-order valence-electron chi connectivity index (χ0n) is 17.2. The van der Waals surface area contributed by atoms with Gasteiger partial charge in [0.2, 0.25) is 0 Å². The second kappa shape index (κ2) is 9.15. The number of hydrogen-bond donors (Lipinski definition) is 0. The van der Waals surface area contributed by atoms with E-state index in [1.54, 1.807) is 7.11 Å². The van der Waals surface area contributed by atoms with E-state index < -0.39 is 0 Å². The van der Waals surface area contributed by atoms with Gasteiger partial charge in [0, 0.05) is 0 Å². The van der Waals surface area contributed by atoms with E-state index in [1.165, 1.54) is 28.5 Å². The second-order valence-corrected chi connectivity index (χ2v) is 7.49. The van der Waals surface area contributed by atoms with Crippen LogP contribution in [-0.2, 0) is 4.65 Å². The van der Waals surface area contributed by atoms with E-state index in [4.69, 9.17) is 9.39 Å². The van der Waals surface area contributed by atoms with Crippen molar-refractivity contribution >= 4 is 18.0 Å². The van der Waals surface area contributed by atoms with Crippen molar-refractivity contribution < 1.29 is 9.39 Å². The molecule has 0 saturated carbocycles. The molecule has 0 aliphatic carbocycles. The summed E-state index contributed by atoms with van der Waals surface area (Å²) in [6.45, 7) is 2.24. The number of ether oxygens (including phenoxy) is 1. The first-order valence-electron chi connectivity index (χ1n) is 10.4. The molecule has 1 heterocycles. The molecule has 3 aromatic carbocycles.